The molecule has 0 amide bonds. The van der Waals surface area contributed by atoms with Crippen LogP contribution in [0.25, 0.3) is 4.85 Å². The molecule has 0 radical (unpaired) electrons. The third-order valence-electron chi connectivity index (χ3n) is 1.23. The van der Waals surface area contributed by atoms with Gasteiger partial charge in [-0.1, -0.05) is 22.0 Å². The molecule has 0 atom stereocenters. The van der Waals surface area contributed by atoms with Gasteiger partial charge in [-0.05, 0) is 17.7 Å². The summed E-state index contributed by atoms with van der Waals surface area (Å²) in [5.74, 6) is -0.354. The number of halogens is 2. The summed E-state index contributed by atoms with van der Waals surface area (Å²) in [5.41, 5.74) is 1.13. The van der Waals surface area contributed by atoms with Crippen LogP contribution in [-0.4, -0.2) is 0 Å². The number of benzene rings is 1. The molecule has 1 nitrogen and oxygen atoms in total. The molecule has 0 bridgehead atoms. The molecule has 11 heavy (non-hydrogen) atoms. The molecule has 0 aliphatic carbocycles. The van der Waals surface area contributed by atoms with Crippen molar-refractivity contribution in [2.24, 2.45) is 0 Å². The van der Waals surface area contributed by atoms with Gasteiger partial charge in [0.1, 0.15) is 5.82 Å². The van der Waals surface area contributed by atoms with Crippen molar-refractivity contribution in [1.29, 1.82) is 0 Å². The van der Waals surface area contributed by atoms with E-state index in [1.165, 1.54) is 12.1 Å². The molecule has 1 aromatic rings. The van der Waals surface area contributed by atoms with Gasteiger partial charge in [-0.15, -0.1) is 0 Å². The average Bonchev–Trinajstić information content (AvgIpc) is 2.03. The molecule has 1 aromatic carbocycles. The Hall–Kier alpha value is -0.880. The first kappa shape index (κ1) is 8.22. The van der Waals surface area contributed by atoms with Crippen molar-refractivity contribution >= 4 is 21.6 Å². The van der Waals surface area contributed by atoms with Crippen LogP contribution in [-0.2, 0) is 5.33 Å². The predicted molar refractivity (Wildman–Crippen MR) is 45.3 cm³/mol. The van der Waals surface area contributed by atoms with E-state index in [9.17, 15) is 4.39 Å². The first-order valence-corrected chi connectivity index (χ1v) is 4.11. The van der Waals surface area contributed by atoms with Gasteiger partial charge in [0.05, 0.1) is 6.57 Å². The van der Waals surface area contributed by atoms with Crippen molar-refractivity contribution < 1.29 is 4.39 Å². The van der Waals surface area contributed by atoms with Crippen LogP contribution in [0.1, 0.15) is 5.56 Å². The Bertz CT molecular complexity index is 303. The third-order valence-corrected chi connectivity index (χ3v) is 1.87. The van der Waals surface area contributed by atoms with Crippen LogP contribution in [0.15, 0.2) is 18.2 Å². The Morgan fingerprint density at radius 2 is 2.18 bits per heavy atom. The predicted octanol–water partition coefficient (Wildman–Crippen LogP) is 3.27. The maximum atomic E-state index is 12.6. The summed E-state index contributed by atoms with van der Waals surface area (Å²) in [6, 6.07) is 4.29. The highest BCUT2D eigenvalue weighted by Crippen LogP contribution is 2.18. The Balaban J connectivity index is 3.15. The number of nitrogens with zero attached hydrogens (tertiary/aromatic N) is 1. The monoisotopic (exact) mass is 213 g/mol. The minimum atomic E-state index is -0.354. The third kappa shape index (κ3) is 2.02. The van der Waals surface area contributed by atoms with E-state index in [-0.39, 0.29) is 5.82 Å². The van der Waals surface area contributed by atoms with E-state index in [0.717, 1.165) is 5.56 Å². The van der Waals surface area contributed by atoms with Crippen molar-refractivity contribution in [3.05, 3.63) is 41.0 Å². The quantitative estimate of drug-likeness (QED) is 0.499. The van der Waals surface area contributed by atoms with Crippen molar-refractivity contribution in [1.82, 2.24) is 0 Å². The molecule has 1 rings (SSSR count). The molecule has 0 aliphatic heterocycles. The van der Waals surface area contributed by atoms with E-state index in [2.05, 4.69) is 20.8 Å². The van der Waals surface area contributed by atoms with Crippen LogP contribution >= 0.6 is 15.9 Å². The minimum absolute atomic E-state index is 0.347. The average molecular weight is 214 g/mol. The van der Waals surface area contributed by atoms with Gasteiger partial charge in [-0.2, -0.15) is 0 Å². The second kappa shape index (κ2) is 3.49. The van der Waals surface area contributed by atoms with Gasteiger partial charge in [0.25, 0.3) is 0 Å². The number of hydrogen-bond acceptors (Lipinski definition) is 0. The van der Waals surface area contributed by atoms with Crippen molar-refractivity contribution in [2.45, 2.75) is 5.33 Å². The standard InChI is InChI=1S/C8H5BrFN/c1-11-8-3-6(5-9)2-7(10)4-8/h2-4H,5H2. The Morgan fingerprint density at radius 3 is 2.73 bits per heavy atom. The maximum Gasteiger partial charge on any atom is 0.190 e. The number of hydrogen-bond donors (Lipinski definition) is 0. The second-order valence-electron chi connectivity index (χ2n) is 2.06. The SMILES string of the molecule is [C-]#[N+]c1cc(F)cc(CBr)c1. The molecule has 3 heteroatoms. The van der Waals surface area contributed by atoms with Gasteiger partial charge in [0, 0.05) is 5.33 Å². The fourth-order valence-electron chi connectivity index (χ4n) is 0.775. The number of alkyl halides is 1. The molecule has 56 valence electrons. The smallest absolute Gasteiger partial charge is 0.190 e. The maximum absolute atomic E-state index is 12.6. The molecular weight excluding hydrogens is 209 g/mol. The molecular formula is C8H5BrFN. The van der Waals surface area contributed by atoms with E-state index >= 15 is 0 Å². The lowest BCUT2D eigenvalue weighted by Gasteiger charge is -1.95. The largest absolute Gasteiger partial charge is 0.238 e. The topological polar surface area (TPSA) is 4.36 Å². The van der Waals surface area contributed by atoms with E-state index in [1.807, 2.05) is 0 Å². The fraction of sp³-hybridized carbons (Fsp3) is 0.125. The summed E-state index contributed by atoms with van der Waals surface area (Å²) in [7, 11) is 0. The van der Waals surface area contributed by atoms with Gasteiger partial charge in [-0.25, -0.2) is 9.24 Å². The van der Waals surface area contributed by atoms with Crippen LogP contribution in [0.3, 0.4) is 0 Å². The van der Waals surface area contributed by atoms with Crippen LogP contribution in [0, 0.1) is 12.4 Å². The summed E-state index contributed by atoms with van der Waals surface area (Å²) in [6.07, 6.45) is 0. The zero-order chi connectivity index (χ0) is 8.27. The van der Waals surface area contributed by atoms with Crippen molar-refractivity contribution in [3.63, 3.8) is 0 Å². The first-order valence-electron chi connectivity index (χ1n) is 2.99. The molecule has 0 aromatic heterocycles. The van der Waals surface area contributed by atoms with E-state index in [4.69, 9.17) is 6.57 Å². The highest BCUT2D eigenvalue weighted by molar-refractivity contribution is 9.08. The normalized spacial score (nSPS) is 9.18. The highest BCUT2D eigenvalue weighted by Gasteiger charge is 1.97. The first-order chi connectivity index (χ1) is 5.26. The van der Waals surface area contributed by atoms with Gasteiger partial charge < -0.3 is 0 Å². The van der Waals surface area contributed by atoms with E-state index in [0.29, 0.717) is 11.0 Å². The summed E-state index contributed by atoms with van der Waals surface area (Å²) in [5, 5.41) is 0.577. The zero-order valence-corrected chi connectivity index (χ0v) is 7.23. The van der Waals surface area contributed by atoms with Gasteiger partial charge in [-0.3, -0.25) is 0 Å². The molecule has 0 spiro atoms. The van der Waals surface area contributed by atoms with Gasteiger partial charge >= 0.3 is 0 Å². The van der Waals surface area contributed by atoms with Crippen LogP contribution in [0.5, 0.6) is 0 Å². The molecule has 0 aliphatic rings. The Morgan fingerprint density at radius 1 is 1.45 bits per heavy atom. The zero-order valence-electron chi connectivity index (χ0n) is 5.64. The van der Waals surface area contributed by atoms with E-state index in [1.54, 1.807) is 6.07 Å². The van der Waals surface area contributed by atoms with Crippen LogP contribution in [0.4, 0.5) is 10.1 Å². The molecule has 0 saturated heterocycles. The lowest BCUT2D eigenvalue weighted by Crippen LogP contribution is -1.79. The summed E-state index contributed by atoms with van der Waals surface area (Å²) in [4.78, 5) is 3.13. The van der Waals surface area contributed by atoms with E-state index < -0.39 is 0 Å². The lowest BCUT2D eigenvalue weighted by molar-refractivity contribution is 0.627. The molecule has 0 N–H and O–H groups in total. The molecule has 0 fully saturated rings. The van der Waals surface area contributed by atoms with Crippen LogP contribution < -0.4 is 0 Å². The molecule has 0 unspecified atom stereocenters. The Kier molecular flexibility index (Phi) is 2.61. The number of rotatable bonds is 1. The molecule has 0 saturated carbocycles. The molecule has 0 heterocycles. The summed E-state index contributed by atoms with van der Waals surface area (Å²) < 4.78 is 12.6. The Labute approximate surface area is 72.8 Å². The van der Waals surface area contributed by atoms with Crippen LogP contribution in [0.2, 0.25) is 0 Å². The van der Waals surface area contributed by atoms with Gasteiger partial charge in [0.15, 0.2) is 5.69 Å². The summed E-state index contributed by atoms with van der Waals surface area (Å²) >= 11 is 3.19. The highest BCUT2D eigenvalue weighted by atomic mass is 79.9. The minimum Gasteiger partial charge on any atom is -0.238 e. The fourth-order valence-corrected chi connectivity index (χ4v) is 1.10. The lowest BCUT2D eigenvalue weighted by atomic mass is 10.2. The van der Waals surface area contributed by atoms with Gasteiger partial charge in [0.2, 0.25) is 0 Å². The van der Waals surface area contributed by atoms with Crippen molar-refractivity contribution in [3.8, 4) is 0 Å². The second-order valence-corrected chi connectivity index (χ2v) is 2.62. The summed E-state index contributed by atoms with van der Waals surface area (Å²) in [6.45, 7) is 6.66. The van der Waals surface area contributed by atoms with Crippen molar-refractivity contribution in [2.75, 3.05) is 0 Å².